The van der Waals surface area contributed by atoms with Gasteiger partial charge in [-0.25, -0.2) is 4.79 Å². The van der Waals surface area contributed by atoms with Crippen LogP contribution in [-0.2, 0) is 19.1 Å². The summed E-state index contributed by atoms with van der Waals surface area (Å²) >= 11 is 1.22. The average molecular weight is 304 g/mol. The maximum atomic E-state index is 11.8. The second kappa shape index (κ2) is 8.26. The SMILES string of the molecule is C[C@H]1CCC(=O)C[C@@H](SC[C@H](O)C(=O)O)CCC(=O)O1. The molecule has 0 aromatic heterocycles. The normalized spacial score (nSPS) is 26.7. The number of thioether (sulfide) groups is 1. The largest absolute Gasteiger partial charge is 0.479 e. The Bertz CT molecular complexity index is 370. The summed E-state index contributed by atoms with van der Waals surface area (Å²) in [5.41, 5.74) is 0. The van der Waals surface area contributed by atoms with Crippen molar-refractivity contribution in [1.29, 1.82) is 0 Å². The molecule has 1 heterocycles. The van der Waals surface area contributed by atoms with Gasteiger partial charge in [-0.2, -0.15) is 11.8 Å². The van der Waals surface area contributed by atoms with Gasteiger partial charge in [0.25, 0.3) is 0 Å². The number of carboxylic acids is 1. The van der Waals surface area contributed by atoms with Gasteiger partial charge in [-0.15, -0.1) is 0 Å². The summed E-state index contributed by atoms with van der Waals surface area (Å²) in [5, 5.41) is 17.7. The molecule has 1 aliphatic heterocycles. The molecular formula is C13H20O6S. The van der Waals surface area contributed by atoms with E-state index in [0.717, 1.165) is 0 Å². The van der Waals surface area contributed by atoms with Gasteiger partial charge in [0.15, 0.2) is 6.10 Å². The van der Waals surface area contributed by atoms with Crippen molar-refractivity contribution in [3.63, 3.8) is 0 Å². The molecule has 0 unspecified atom stereocenters. The number of carboxylic acid groups (broad SMARTS) is 1. The minimum Gasteiger partial charge on any atom is -0.479 e. The first-order chi connectivity index (χ1) is 9.38. The number of carbonyl (C=O) groups is 3. The van der Waals surface area contributed by atoms with Crippen LogP contribution in [0.15, 0.2) is 0 Å². The number of esters is 1. The summed E-state index contributed by atoms with van der Waals surface area (Å²) < 4.78 is 5.14. The molecule has 0 aromatic carbocycles. The van der Waals surface area contributed by atoms with Crippen LogP contribution in [0.3, 0.4) is 0 Å². The zero-order chi connectivity index (χ0) is 15.1. The first-order valence-electron chi connectivity index (χ1n) is 6.62. The van der Waals surface area contributed by atoms with Gasteiger partial charge in [0, 0.05) is 30.3 Å². The van der Waals surface area contributed by atoms with E-state index in [1.165, 1.54) is 11.8 Å². The van der Waals surface area contributed by atoms with E-state index < -0.39 is 12.1 Å². The first kappa shape index (κ1) is 17.0. The molecule has 1 saturated heterocycles. The summed E-state index contributed by atoms with van der Waals surface area (Å²) in [5.74, 6) is -1.48. The summed E-state index contributed by atoms with van der Waals surface area (Å²) in [4.78, 5) is 33.9. The summed E-state index contributed by atoms with van der Waals surface area (Å²) in [6.07, 6.45) is 0.137. The molecule has 0 spiro atoms. The maximum absolute atomic E-state index is 11.8. The van der Waals surface area contributed by atoms with Crippen molar-refractivity contribution in [2.24, 2.45) is 0 Å². The van der Waals surface area contributed by atoms with Crippen LogP contribution >= 0.6 is 11.8 Å². The Balaban J connectivity index is 2.53. The Morgan fingerprint density at radius 2 is 2.10 bits per heavy atom. The molecule has 0 aromatic rings. The van der Waals surface area contributed by atoms with E-state index in [0.29, 0.717) is 25.7 Å². The zero-order valence-electron chi connectivity index (χ0n) is 11.4. The molecule has 7 heteroatoms. The van der Waals surface area contributed by atoms with Gasteiger partial charge in [-0.05, 0) is 19.8 Å². The lowest BCUT2D eigenvalue weighted by atomic mass is 10.0. The molecule has 0 radical (unpaired) electrons. The molecule has 1 fully saturated rings. The Kier molecular flexibility index (Phi) is 7.01. The quantitative estimate of drug-likeness (QED) is 0.747. The van der Waals surface area contributed by atoms with Crippen LogP contribution in [0.1, 0.15) is 39.0 Å². The van der Waals surface area contributed by atoms with Crippen molar-refractivity contribution in [2.75, 3.05) is 5.75 Å². The van der Waals surface area contributed by atoms with E-state index in [9.17, 15) is 19.5 Å². The smallest absolute Gasteiger partial charge is 0.333 e. The van der Waals surface area contributed by atoms with E-state index in [2.05, 4.69) is 0 Å². The number of aliphatic carboxylic acids is 1. The number of hydrogen-bond acceptors (Lipinski definition) is 6. The Hall–Kier alpha value is -1.08. The highest BCUT2D eigenvalue weighted by atomic mass is 32.2. The molecule has 0 saturated carbocycles. The average Bonchev–Trinajstić information content (AvgIpc) is 2.38. The lowest BCUT2D eigenvalue weighted by Crippen LogP contribution is -2.25. The van der Waals surface area contributed by atoms with E-state index >= 15 is 0 Å². The molecule has 114 valence electrons. The van der Waals surface area contributed by atoms with Crippen LogP contribution in [0.5, 0.6) is 0 Å². The monoisotopic (exact) mass is 304 g/mol. The predicted molar refractivity (Wildman–Crippen MR) is 73.5 cm³/mol. The number of cyclic esters (lactones) is 1. The fourth-order valence-corrected chi connectivity index (χ4v) is 3.07. The van der Waals surface area contributed by atoms with Gasteiger partial charge in [0.1, 0.15) is 5.78 Å². The number of aliphatic hydroxyl groups is 1. The lowest BCUT2D eigenvalue weighted by Gasteiger charge is -2.20. The van der Waals surface area contributed by atoms with Gasteiger partial charge in [-0.1, -0.05) is 0 Å². The second-order valence-corrected chi connectivity index (χ2v) is 6.26. The van der Waals surface area contributed by atoms with E-state index in [1.807, 2.05) is 0 Å². The van der Waals surface area contributed by atoms with Crippen molar-refractivity contribution < 1.29 is 29.3 Å². The van der Waals surface area contributed by atoms with Crippen molar-refractivity contribution in [1.82, 2.24) is 0 Å². The van der Waals surface area contributed by atoms with Crippen molar-refractivity contribution >= 4 is 29.5 Å². The summed E-state index contributed by atoms with van der Waals surface area (Å²) in [7, 11) is 0. The number of aliphatic hydroxyl groups excluding tert-OH is 1. The van der Waals surface area contributed by atoms with Crippen LogP contribution in [0, 0.1) is 0 Å². The van der Waals surface area contributed by atoms with E-state index in [-0.39, 0.29) is 35.3 Å². The number of carbonyl (C=O) groups excluding carboxylic acids is 2. The lowest BCUT2D eigenvalue weighted by molar-refractivity contribution is -0.149. The van der Waals surface area contributed by atoms with Gasteiger partial charge in [-0.3, -0.25) is 9.59 Å². The Labute approximate surface area is 121 Å². The number of hydrogen-bond donors (Lipinski definition) is 2. The van der Waals surface area contributed by atoms with E-state index in [1.54, 1.807) is 6.92 Å². The predicted octanol–water partition coefficient (Wildman–Crippen LogP) is 0.999. The Morgan fingerprint density at radius 1 is 1.40 bits per heavy atom. The fraction of sp³-hybridized carbons (Fsp3) is 0.769. The minimum atomic E-state index is -1.45. The zero-order valence-corrected chi connectivity index (χ0v) is 12.2. The van der Waals surface area contributed by atoms with Gasteiger partial charge >= 0.3 is 11.9 Å². The number of ketones is 1. The van der Waals surface area contributed by atoms with Crippen LogP contribution < -0.4 is 0 Å². The van der Waals surface area contributed by atoms with Crippen molar-refractivity contribution in [3.05, 3.63) is 0 Å². The van der Waals surface area contributed by atoms with Gasteiger partial charge < -0.3 is 14.9 Å². The molecule has 20 heavy (non-hydrogen) atoms. The highest BCUT2D eigenvalue weighted by Crippen LogP contribution is 2.24. The molecule has 1 rings (SSSR count). The number of ether oxygens (including phenoxy) is 1. The Morgan fingerprint density at radius 3 is 2.75 bits per heavy atom. The van der Waals surface area contributed by atoms with Crippen molar-refractivity contribution in [3.8, 4) is 0 Å². The topological polar surface area (TPSA) is 101 Å². The van der Waals surface area contributed by atoms with Gasteiger partial charge in [0.05, 0.1) is 6.10 Å². The summed E-state index contributed by atoms with van der Waals surface area (Å²) in [6, 6.07) is 0. The molecule has 0 aliphatic carbocycles. The van der Waals surface area contributed by atoms with Crippen LogP contribution in [0.2, 0.25) is 0 Å². The third kappa shape index (κ3) is 6.38. The number of Topliss-reactive ketones (excluding diaryl/α,β-unsaturated/α-hetero) is 1. The third-order valence-corrected chi connectivity index (χ3v) is 4.44. The molecule has 0 bridgehead atoms. The minimum absolute atomic E-state index is 0.0126. The molecule has 3 atom stereocenters. The molecule has 0 amide bonds. The third-order valence-electron chi connectivity index (χ3n) is 3.06. The fourth-order valence-electron chi connectivity index (χ4n) is 1.88. The van der Waals surface area contributed by atoms with Crippen molar-refractivity contribution in [2.45, 2.75) is 56.5 Å². The van der Waals surface area contributed by atoms with Crippen LogP contribution in [-0.4, -0.2) is 51.1 Å². The highest BCUT2D eigenvalue weighted by molar-refractivity contribution is 8.00. The molecular weight excluding hydrogens is 284 g/mol. The van der Waals surface area contributed by atoms with Crippen LogP contribution in [0.4, 0.5) is 0 Å². The summed E-state index contributed by atoms with van der Waals surface area (Å²) in [6.45, 7) is 1.77. The molecule has 1 aliphatic rings. The number of rotatable bonds is 4. The highest BCUT2D eigenvalue weighted by Gasteiger charge is 2.23. The molecule has 2 N–H and O–H groups in total. The standard InChI is InChI=1S/C13H20O6S/c1-8-2-3-9(14)6-10(4-5-12(16)19-8)20-7-11(15)13(17)18/h8,10-11,15H,2-7H2,1H3,(H,17,18)/t8-,10-,11-/m0/s1. The second-order valence-electron chi connectivity index (χ2n) is 4.93. The maximum Gasteiger partial charge on any atom is 0.333 e. The molecule has 6 nitrogen and oxygen atoms in total. The first-order valence-corrected chi connectivity index (χ1v) is 7.67. The van der Waals surface area contributed by atoms with Gasteiger partial charge in [0.2, 0.25) is 0 Å². The van der Waals surface area contributed by atoms with E-state index in [4.69, 9.17) is 9.84 Å². The van der Waals surface area contributed by atoms with Crippen LogP contribution in [0.25, 0.3) is 0 Å².